The Labute approximate surface area is 91.7 Å². The lowest BCUT2D eigenvalue weighted by Gasteiger charge is -2.05. The summed E-state index contributed by atoms with van der Waals surface area (Å²) in [5.41, 5.74) is -2.85. The van der Waals surface area contributed by atoms with Crippen LogP contribution in [0, 0.1) is 0 Å². The summed E-state index contributed by atoms with van der Waals surface area (Å²) >= 11 is 0. The molecule has 0 atom stereocenters. The van der Waals surface area contributed by atoms with Crippen molar-refractivity contribution in [3.8, 4) is 0 Å². The van der Waals surface area contributed by atoms with Crippen LogP contribution in [0.3, 0.4) is 0 Å². The van der Waals surface area contributed by atoms with Crippen LogP contribution in [0.2, 0.25) is 0 Å². The van der Waals surface area contributed by atoms with Crippen molar-refractivity contribution in [2.75, 3.05) is 0 Å². The molecule has 0 aliphatic carbocycles. The molecule has 0 radical (unpaired) electrons. The van der Waals surface area contributed by atoms with E-state index in [1.165, 1.54) is 0 Å². The van der Waals surface area contributed by atoms with Crippen LogP contribution in [0.15, 0.2) is 34.0 Å². The SMILES string of the molecule is O=c1cnc2ccc(C(F)(F)F)cc2[nH]c1=O. The third-order valence-electron chi connectivity index (χ3n) is 2.12. The molecule has 0 fully saturated rings. The van der Waals surface area contributed by atoms with Crippen LogP contribution in [0.4, 0.5) is 13.2 Å². The summed E-state index contributed by atoms with van der Waals surface area (Å²) in [6.07, 6.45) is -3.74. The zero-order valence-electron chi connectivity index (χ0n) is 8.21. The largest absolute Gasteiger partial charge is 0.416 e. The van der Waals surface area contributed by atoms with Crippen LogP contribution >= 0.6 is 0 Å². The number of aromatic amines is 1. The number of fused-ring (bicyclic) bond motifs is 1. The summed E-state index contributed by atoms with van der Waals surface area (Å²) in [5, 5.41) is 0. The zero-order valence-corrected chi connectivity index (χ0v) is 8.21. The first kappa shape index (κ1) is 11.3. The molecule has 0 unspecified atom stereocenters. The molecule has 1 aromatic carbocycles. The van der Waals surface area contributed by atoms with Crippen LogP contribution in [0.1, 0.15) is 5.56 Å². The van der Waals surface area contributed by atoms with Crippen LogP contribution < -0.4 is 11.0 Å². The topological polar surface area (TPSA) is 62.8 Å². The van der Waals surface area contributed by atoms with Gasteiger partial charge in [-0.2, -0.15) is 13.2 Å². The van der Waals surface area contributed by atoms with E-state index in [1.54, 1.807) is 0 Å². The maximum atomic E-state index is 12.4. The van der Waals surface area contributed by atoms with Gasteiger partial charge in [-0.15, -0.1) is 0 Å². The Hall–Kier alpha value is -2.18. The van der Waals surface area contributed by atoms with Gasteiger partial charge >= 0.3 is 6.18 Å². The Kier molecular flexibility index (Phi) is 2.45. The maximum absolute atomic E-state index is 12.4. The normalized spacial score (nSPS) is 11.7. The van der Waals surface area contributed by atoms with E-state index in [-0.39, 0.29) is 11.0 Å². The molecule has 0 bridgehead atoms. The van der Waals surface area contributed by atoms with Gasteiger partial charge in [0, 0.05) is 0 Å². The minimum atomic E-state index is -4.51. The summed E-state index contributed by atoms with van der Waals surface area (Å²) in [4.78, 5) is 27.8. The highest BCUT2D eigenvalue weighted by Gasteiger charge is 2.30. The first-order valence-corrected chi connectivity index (χ1v) is 4.48. The standard InChI is InChI=1S/C10H5F3N2O2/c11-10(12,13)5-1-2-6-7(3-5)15-9(17)8(16)4-14-6/h1-4H,(H,15,16,17). The van der Waals surface area contributed by atoms with Gasteiger partial charge in [-0.25, -0.2) is 0 Å². The van der Waals surface area contributed by atoms with Gasteiger partial charge in [0.15, 0.2) is 0 Å². The number of rotatable bonds is 0. The van der Waals surface area contributed by atoms with E-state index in [0.717, 1.165) is 24.4 Å². The molecule has 2 rings (SSSR count). The number of H-pyrrole nitrogens is 1. The first-order chi connectivity index (χ1) is 7.88. The second-order valence-electron chi connectivity index (χ2n) is 3.31. The van der Waals surface area contributed by atoms with E-state index < -0.39 is 22.7 Å². The molecule has 0 saturated carbocycles. The van der Waals surface area contributed by atoms with Crippen molar-refractivity contribution in [2.45, 2.75) is 6.18 Å². The molecule has 1 heterocycles. The number of hydrogen-bond donors (Lipinski definition) is 1. The highest BCUT2D eigenvalue weighted by Crippen LogP contribution is 2.30. The molecule has 1 aromatic heterocycles. The quantitative estimate of drug-likeness (QED) is 0.708. The molecule has 0 aliphatic heterocycles. The number of nitrogens with one attached hydrogen (secondary N) is 1. The Morgan fingerprint density at radius 3 is 2.53 bits per heavy atom. The second kappa shape index (κ2) is 3.69. The van der Waals surface area contributed by atoms with Crippen molar-refractivity contribution < 1.29 is 13.2 Å². The number of halogens is 3. The average Bonchev–Trinajstić information content (AvgIpc) is 2.37. The van der Waals surface area contributed by atoms with Gasteiger partial charge in [-0.05, 0) is 18.2 Å². The minimum Gasteiger partial charge on any atom is -0.317 e. The Bertz CT molecular complexity index is 691. The highest BCUT2D eigenvalue weighted by atomic mass is 19.4. The van der Waals surface area contributed by atoms with Crippen molar-refractivity contribution in [3.05, 3.63) is 50.5 Å². The molecule has 7 heteroatoms. The van der Waals surface area contributed by atoms with Gasteiger partial charge < -0.3 is 4.98 Å². The third-order valence-corrected chi connectivity index (χ3v) is 2.12. The lowest BCUT2D eigenvalue weighted by atomic mass is 10.2. The first-order valence-electron chi connectivity index (χ1n) is 4.48. The monoisotopic (exact) mass is 242 g/mol. The van der Waals surface area contributed by atoms with Crippen molar-refractivity contribution >= 4 is 11.0 Å². The second-order valence-corrected chi connectivity index (χ2v) is 3.31. The van der Waals surface area contributed by atoms with E-state index in [0.29, 0.717) is 0 Å². The number of benzene rings is 1. The van der Waals surface area contributed by atoms with Gasteiger partial charge in [0.25, 0.3) is 11.0 Å². The van der Waals surface area contributed by atoms with Gasteiger partial charge in [0.1, 0.15) is 0 Å². The predicted molar refractivity (Wildman–Crippen MR) is 53.6 cm³/mol. The fraction of sp³-hybridized carbons (Fsp3) is 0.100. The minimum absolute atomic E-state index is 0.109. The maximum Gasteiger partial charge on any atom is 0.416 e. The van der Waals surface area contributed by atoms with E-state index in [2.05, 4.69) is 9.97 Å². The summed E-state index contributed by atoms with van der Waals surface area (Å²) < 4.78 is 37.2. The molecule has 0 saturated heterocycles. The third kappa shape index (κ3) is 2.17. The molecule has 1 N–H and O–H groups in total. The molecule has 0 aliphatic rings. The van der Waals surface area contributed by atoms with Crippen molar-refractivity contribution in [1.29, 1.82) is 0 Å². The van der Waals surface area contributed by atoms with E-state index >= 15 is 0 Å². The van der Waals surface area contributed by atoms with Crippen LogP contribution in [-0.2, 0) is 6.18 Å². The molecule has 17 heavy (non-hydrogen) atoms. The van der Waals surface area contributed by atoms with Gasteiger partial charge in [0.05, 0.1) is 22.8 Å². The van der Waals surface area contributed by atoms with E-state index in [1.807, 2.05) is 0 Å². The van der Waals surface area contributed by atoms with Gasteiger partial charge in [-0.1, -0.05) is 0 Å². The van der Waals surface area contributed by atoms with Gasteiger partial charge in [-0.3, -0.25) is 14.6 Å². The summed E-state index contributed by atoms with van der Waals surface area (Å²) in [7, 11) is 0. The number of nitrogens with zero attached hydrogens (tertiary/aromatic N) is 1. The predicted octanol–water partition coefficient (Wildman–Crippen LogP) is 1.30. The molecule has 0 amide bonds. The molecule has 2 aromatic rings. The van der Waals surface area contributed by atoms with E-state index in [9.17, 15) is 22.8 Å². The fourth-order valence-corrected chi connectivity index (χ4v) is 1.30. The summed E-state index contributed by atoms with van der Waals surface area (Å²) in [6.45, 7) is 0. The van der Waals surface area contributed by atoms with Crippen LogP contribution in [0.5, 0.6) is 0 Å². The highest BCUT2D eigenvalue weighted by molar-refractivity contribution is 5.74. The summed E-state index contributed by atoms with van der Waals surface area (Å²) in [6, 6.07) is 2.66. The number of aromatic nitrogens is 2. The lowest BCUT2D eigenvalue weighted by molar-refractivity contribution is -0.137. The zero-order chi connectivity index (χ0) is 12.6. The molecule has 88 valence electrons. The molecular weight excluding hydrogens is 237 g/mol. The van der Waals surface area contributed by atoms with Crippen LogP contribution in [-0.4, -0.2) is 9.97 Å². The Balaban J connectivity index is 2.83. The number of alkyl halides is 3. The molecule has 0 spiro atoms. The Morgan fingerprint density at radius 1 is 1.18 bits per heavy atom. The van der Waals surface area contributed by atoms with Crippen LogP contribution in [0.25, 0.3) is 11.0 Å². The fourth-order valence-electron chi connectivity index (χ4n) is 1.30. The lowest BCUT2D eigenvalue weighted by Crippen LogP contribution is -2.22. The molecular formula is C10H5F3N2O2. The van der Waals surface area contributed by atoms with Crippen molar-refractivity contribution in [1.82, 2.24) is 9.97 Å². The summed E-state index contributed by atoms with van der Waals surface area (Å²) in [5.74, 6) is 0. The van der Waals surface area contributed by atoms with Crippen molar-refractivity contribution in [2.24, 2.45) is 0 Å². The van der Waals surface area contributed by atoms with E-state index in [4.69, 9.17) is 0 Å². The average molecular weight is 242 g/mol. The smallest absolute Gasteiger partial charge is 0.317 e. The number of hydrogen-bond acceptors (Lipinski definition) is 3. The van der Waals surface area contributed by atoms with Gasteiger partial charge in [0.2, 0.25) is 0 Å². The van der Waals surface area contributed by atoms with Crippen molar-refractivity contribution in [3.63, 3.8) is 0 Å². The molecule has 4 nitrogen and oxygen atoms in total. The Morgan fingerprint density at radius 2 is 1.88 bits per heavy atom.